The van der Waals surface area contributed by atoms with Gasteiger partial charge in [-0.05, 0) is 36.9 Å². The Morgan fingerprint density at radius 2 is 1.86 bits per heavy atom. The molecule has 0 heterocycles. The van der Waals surface area contributed by atoms with Gasteiger partial charge in [0.15, 0.2) is 0 Å². The summed E-state index contributed by atoms with van der Waals surface area (Å²) >= 11 is 3.57. The van der Waals surface area contributed by atoms with Gasteiger partial charge in [0.2, 0.25) is 0 Å². The van der Waals surface area contributed by atoms with E-state index in [2.05, 4.69) is 40.0 Å². The van der Waals surface area contributed by atoms with Crippen LogP contribution in [0.25, 0.3) is 0 Å². The van der Waals surface area contributed by atoms with Crippen LogP contribution >= 0.6 is 15.9 Å². The highest BCUT2D eigenvalue weighted by Gasteiger charge is 2.09. The molecule has 3 nitrogen and oxygen atoms in total. The molecule has 0 spiro atoms. The molecular weight excluding hydrogens is 328 g/mol. The van der Waals surface area contributed by atoms with Gasteiger partial charge in [0.05, 0.1) is 18.7 Å². The molecular formula is C17H17BrN2O. The highest BCUT2D eigenvalue weighted by Crippen LogP contribution is 2.23. The van der Waals surface area contributed by atoms with Gasteiger partial charge in [0.1, 0.15) is 5.75 Å². The summed E-state index contributed by atoms with van der Waals surface area (Å²) in [5.41, 5.74) is 2.90. The molecule has 0 unspecified atom stereocenters. The van der Waals surface area contributed by atoms with E-state index in [9.17, 15) is 0 Å². The minimum absolute atomic E-state index is 0.653. The molecule has 0 saturated carbocycles. The molecule has 108 valence electrons. The Kier molecular flexibility index (Phi) is 5.38. The fourth-order valence-electron chi connectivity index (χ4n) is 2.24. The number of benzene rings is 2. The molecule has 0 aromatic heterocycles. The van der Waals surface area contributed by atoms with Crippen LogP contribution in [0.1, 0.15) is 16.7 Å². The van der Waals surface area contributed by atoms with E-state index in [1.807, 2.05) is 30.3 Å². The first-order chi connectivity index (χ1) is 10.1. The number of hydrogen-bond acceptors (Lipinski definition) is 3. The lowest BCUT2D eigenvalue weighted by Gasteiger charge is -2.19. The molecule has 0 amide bonds. The average molecular weight is 345 g/mol. The number of nitrogens with zero attached hydrogens (tertiary/aromatic N) is 2. The summed E-state index contributed by atoms with van der Waals surface area (Å²) in [6.07, 6.45) is 0. The maximum absolute atomic E-state index is 9.02. The summed E-state index contributed by atoms with van der Waals surface area (Å²) < 4.78 is 6.48. The predicted octanol–water partition coefficient (Wildman–Crippen LogP) is 3.96. The van der Waals surface area contributed by atoms with Crippen molar-refractivity contribution in [2.45, 2.75) is 13.1 Å². The van der Waals surface area contributed by atoms with E-state index >= 15 is 0 Å². The predicted molar refractivity (Wildman–Crippen MR) is 87.0 cm³/mol. The molecule has 0 bridgehead atoms. The Hall–Kier alpha value is -1.83. The standard InChI is InChI=1S/C17H17BrN2O/c1-20(11-14-5-3-4-6-16(14)18)12-15-9-13(10-19)7-8-17(15)21-2/h3-9H,11-12H2,1-2H3. The Morgan fingerprint density at radius 3 is 2.52 bits per heavy atom. The number of rotatable bonds is 5. The van der Waals surface area contributed by atoms with Crippen molar-refractivity contribution < 1.29 is 4.74 Å². The van der Waals surface area contributed by atoms with Crippen LogP contribution in [0.15, 0.2) is 46.9 Å². The molecule has 21 heavy (non-hydrogen) atoms. The first-order valence-electron chi connectivity index (χ1n) is 6.63. The minimum Gasteiger partial charge on any atom is -0.496 e. The van der Waals surface area contributed by atoms with Gasteiger partial charge in [0, 0.05) is 23.1 Å². The van der Waals surface area contributed by atoms with Crippen LogP contribution in [0, 0.1) is 11.3 Å². The quantitative estimate of drug-likeness (QED) is 0.823. The molecule has 0 atom stereocenters. The van der Waals surface area contributed by atoms with E-state index in [0.29, 0.717) is 5.56 Å². The van der Waals surface area contributed by atoms with Crippen molar-refractivity contribution in [2.75, 3.05) is 14.2 Å². The number of ether oxygens (including phenoxy) is 1. The van der Waals surface area contributed by atoms with Gasteiger partial charge in [0.25, 0.3) is 0 Å². The van der Waals surface area contributed by atoms with Crippen LogP contribution in [-0.2, 0) is 13.1 Å². The van der Waals surface area contributed by atoms with E-state index in [1.54, 1.807) is 13.2 Å². The van der Waals surface area contributed by atoms with E-state index in [-0.39, 0.29) is 0 Å². The molecule has 0 aliphatic carbocycles. The van der Waals surface area contributed by atoms with Crippen molar-refractivity contribution in [3.8, 4) is 11.8 Å². The van der Waals surface area contributed by atoms with E-state index in [0.717, 1.165) is 28.9 Å². The summed E-state index contributed by atoms with van der Waals surface area (Å²) in [5, 5.41) is 9.02. The van der Waals surface area contributed by atoms with Gasteiger partial charge in [-0.15, -0.1) is 0 Å². The van der Waals surface area contributed by atoms with Crippen LogP contribution in [0.5, 0.6) is 5.75 Å². The van der Waals surface area contributed by atoms with Crippen LogP contribution in [-0.4, -0.2) is 19.1 Å². The largest absolute Gasteiger partial charge is 0.496 e. The lowest BCUT2D eigenvalue weighted by molar-refractivity contribution is 0.309. The number of hydrogen-bond donors (Lipinski definition) is 0. The molecule has 0 N–H and O–H groups in total. The topological polar surface area (TPSA) is 36.3 Å². The third-order valence-electron chi connectivity index (χ3n) is 3.25. The third-order valence-corrected chi connectivity index (χ3v) is 4.02. The summed E-state index contributed by atoms with van der Waals surface area (Å²) in [6.45, 7) is 1.54. The Balaban J connectivity index is 2.14. The summed E-state index contributed by atoms with van der Waals surface area (Å²) in [4.78, 5) is 2.19. The molecule has 0 fully saturated rings. The molecule has 2 aromatic carbocycles. The second-order valence-corrected chi connectivity index (χ2v) is 5.76. The number of halogens is 1. The molecule has 2 rings (SSSR count). The smallest absolute Gasteiger partial charge is 0.123 e. The Labute approximate surface area is 133 Å². The van der Waals surface area contributed by atoms with Gasteiger partial charge in [-0.3, -0.25) is 4.90 Å². The van der Waals surface area contributed by atoms with Crippen LogP contribution in [0.4, 0.5) is 0 Å². The van der Waals surface area contributed by atoms with Crippen molar-refractivity contribution >= 4 is 15.9 Å². The highest BCUT2D eigenvalue weighted by molar-refractivity contribution is 9.10. The fourth-order valence-corrected chi connectivity index (χ4v) is 2.65. The van der Waals surface area contributed by atoms with E-state index < -0.39 is 0 Å². The lowest BCUT2D eigenvalue weighted by atomic mass is 10.1. The zero-order chi connectivity index (χ0) is 15.2. The SMILES string of the molecule is COc1ccc(C#N)cc1CN(C)Cc1ccccc1Br. The molecule has 2 aromatic rings. The monoisotopic (exact) mass is 344 g/mol. The van der Waals surface area contributed by atoms with Crippen LogP contribution in [0.2, 0.25) is 0 Å². The zero-order valence-electron chi connectivity index (χ0n) is 12.1. The van der Waals surface area contributed by atoms with Crippen molar-refractivity contribution in [1.82, 2.24) is 4.90 Å². The van der Waals surface area contributed by atoms with Gasteiger partial charge in [-0.25, -0.2) is 0 Å². The molecule has 0 saturated heterocycles. The van der Waals surface area contributed by atoms with Crippen LogP contribution in [0.3, 0.4) is 0 Å². The van der Waals surface area contributed by atoms with Crippen molar-refractivity contribution in [3.63, 3.8) is 0 Å². The molecule has 0 aliphatic rings. The molecule has 0 aliphatic heterocycles. The van der Waals surface area contributed by atoms with Gasteiger partial charge in [-0.1, -0.05) is 34.1 Å². The third kappa shape index (κ3) is 4.07. The summed E-state index contributed by atoms with van der Waals surface area (Å²) in [7, 11) is 3.70. The Morgan fingerprint density at radius 1 is 1.14 bits per heavy atom. The number of methoxy groups -OCH3 is 1. The van der Waals surface area contributed by atoms with E-state index in [4.69, 9.17) is 10.00 Å². The van der Waals surface area contributed by atoms with E-state index in [1.165, 1.54) is 5.56 Å². The second kappa shape index (κ2) is 7.26. The van der Waals surface area contributed by atoms with Gasteiger partial charge < -0.3 is 4.74 Å². The molecule has 4 heteroatoms. The zero-order valence-corrected chi connectivity index (χ0v) is 13.7. The van der Waals surface area contributed by atoms with Gasteiger partial charge >= 0.3 is 0 Å². The highest BCUT2D eigenvalue weighted by atomic mass is 79.9. The van der Waals surface area contributed by atoms with Crippen molar-refractivity contribution in [3.05, 3.63) is 63.6 Å². The first kappa shape index (κ1) is 15.6. The summed E-state index contributed by atoms with van der Waals surface area (Å²) in [6, 6.07) is 15.9. The number of nitriles is 1. The second-order valence-electron chi connectivity index (χ2n) is 4.90. The van der Waals surface area contributed by atoms with Crippen molar-refractivity contribution in [1.29, 1.82) is 5.26 Å². The fraction of sp³-hybridized carbons (Fsp3) is 0.235. The minimum atomic E-state index is 0.653. The Bertz CT molecular complexity index is 664. The average Bonchev–Trinajstić information content (AvgIpc) is 2.49. The first-order valence-corrected chi connectivity index (χ1v) is 7.42. The van der Waals surface area contributed by atoms with Crippen LogP contribution < -0.4 is 4.74 Å². The maximum Gasteiger partial charge on any atom is 0.123 e. The van der Waals surface area contributed by atoms with Gasteiger partial charge in [-0.2, -0.15) is 5.26 Å². The normalized spacial score (nSPS) is 10.4. The maximum atomic E-state index is 9.02. The van der Waals surface area contributed by atoms with Crippen molar-refractivity contribution in [2.24, 2.45) is 0 Å². The summed E-state index contributed by atoms with van der Waals surface area (Å²) in [5.74, 6) is 0.813. The molecule has 0 radical (unpaired) electrons. The lowest BCUT2D eigenvalue weighted by Crippen LogP contribution is -2.18.